The molecule has 0 aliphatic carbocycles. The molecule has 0 bridgehead atoms. The zero-order valence-corrected chi connectivity index (χ0v) is 11.6. The second-order valence-electron chi connectivity index (χ2n) is 4.55. The van der Waals surface area contributed by atoms with Crippen molar-refractivity contribution in [2.75, 3.05) is 5.75 Å². The maximum atomic E-state index is 11.9. The molecule has 1 unspecified atom stereocenters. The van der Waals surface area contributed by atoms with Gasteiger partial charge in [0.2, 0.25) is 0 Å². The topological polar surface area (TPSA) is 60.2 Å². The number of rotatable bonds is 5. The monoisotopic (exact) mass is 275 g/mol. The molecule has 0 heterocycles. The van der Waals surface area contributed by atoms with Crippen molar-refractivity contribution >= 4 is 21.4 Å². The van der Waals surface area contributed by atoms with Gasteiger partial charge in [0.15, 0.2) is 9.84 Å². The van der Waals surface area contributed by atoms with Gasteiger partial charge >= 0.3 is 0 Å². The van der Waals surface area contributed by atoms with Crippen LogP contribution >= 0.6 is 11.6 Å². The largest absolute Gasteiger partial charge is 0.327 e. The molecule has 2 N–H and O–H groups in total. The van der Waals surface area contributed by atoms with Gasteiger partial charge in [-0.1, -0.05) is 43.6 Å². The SMILES string of the molecule is CC(C)C(N)CS(=O)(=O)Cc1ccccc1Cl. The van der Waals surface area contributed by atoms with Gasteiger partial charge < -0.3 is 5.73 Å². The van der Waals surface area contributed by atoms with Crippen LogP contribution in [0.4, 0.5) is 0 Å². The van der Waals surface area contributed by atoms with Crippen molar-refractivity contribution in [3.8, 4) is 0 Å². The first-order valence-corrected chi connectivity index (χ1v) is 7.71. The van der Waals surface area contributed by atoms with E-state index < -0.39 is 9.84 Å². The summed E-state index contributed by atoms with van der Waals surface area (Å²) >= 11 is 5.93. The minimum atomic E-state index is -3.21. The Bertz CT molecular complexity index is 471. The van der Waals surface area contributed by atoms with Crippen LogP contribution in [0, 0.1) is 5.92 Å². The first-order chi connectivity index (χ1) is 7.82. The van der Waals surface area contributed by atoms with Crippen LogP contribution < -0.4 is 5.73 Å². The molecular weight excluding hydrogens is 258 g/mol. The number of halogens is 1. The Kier molecular flexibility index (Phi) is 4.98. The van der Waals surface area contributed by atoms with Crippen molar-refractivity contribution in [3.63, 3.8) is 0 Å². The van der Waals surface area contributed by atoms with E-state index in [0.717, 1.165) is 0 Å². The highest BCUT2D eigenvalue weighted by atomic mass is 35.5. The highest BCUT2D eigenvalue weighted by molar-refractivity contribution is 7.90. The molecule has 0 saturated carbocycles. The van der Waals surface area contributed by atoms with E-state index in [4.69, 9.17) is 17.3 Å². The number of hydrogen-bond acceptors (Lipinski definition) is 3. The molecule has 0 aromatic heterocycles. The molecule has 0 aliphatic heterocycles. The summed E-state index contributed by atoms with van der Waals surface area (Å²) in [6, 6.07) is 6.63. The number of hydrogen-bond donors (Lipinski definition) is 1. The first-order valence-electron chi connectivity index (χ1n) is 5.51. The van der Waals surface area contributed by atoms with Crippen LogP contribution in [0.1, 0.15) is 19.4 Å². The molecule has 1 rings (SSSR count). The van der Waals surface area contributed by atoms with Crippen molar-refractivity contribution in [1.82, 2.24) is 0 Å². The predicted octanol–water partition coefficient (Wildman–Crippen LogP) is 2.24. The molecule has 0 spiro atoms. The van der Waals surface area contributed by atoms with Gasteiger partial charge in [0.1, 0.15) is 0 Å². The summed E-state index contributed by atoms with van der Waals surface area (Å²) in [5.41, 5.74) is 6.41. The number of nitrogens with two attached hydrogens (primary N) is 1. The van der Waals surface area contributed by atoms with Gasteiger partial charge in [-0.2, -0.15) is 0 Å². The van der Waals surface area contributed by atoms with Crippen LogP contribution in [0.15, 0.2) is 24.3 Å². The number of sulfone groups is 1. The van der Waals surface area contributed by atoms with Crippen molar-refractivity contribution in [1.29, 1.82) is 0 Å². The minimum absolute atomic E-state index is 0.00408. The van der Waals surface area contributed by atoms with Crippen LogP contribution in [0.25, 0.3) is 0 Å². The summed E-state index contributed by atoms with van der Waals surface area (Å²) in [6.45, 7) is 3.82. The van der Waals surface area contributed by atoms with Crippen LogP contribution in [-0.4, -0.2) is 20.2 Å². The van der Waals surface area contributed by atoms with Gasteiger partial charge in [0.25, 0.3) is 0 Å². The summed E-state index contributed by atoms with van der Waals surface area (Å²) in [7, 11) is -3.21. The Morgan fingerprint density at radius 1 is 1.29 bits per heavy atom. The maximum Gasteiger partial charge on any atom is 0.156 e. The lowest BCUT2D eigenvalue weighted by molar-refractivity contribution is 0.516. The molecule has 1 aromatic carbocycles. The molecular formula is C12H18ClNO2S. The average Bonchev–Trinajstić information content (AvgIpc) is 2.20. The summed E-state index contributed by atoms with van der Waals surface area (Å²) < 4.78 is 23.9. The Morgan fingerprint density at radius 2 is 1.88 bits per heavy atom. The molecule has 5 heteroatoms. The Labute approximate surface area is 108 Å². The standard InChI is InChI=1S/C12H18ClNO2S/c1-9(2)12(14)8-17(15,16)7-10-5-3-4-6-11(10)13/h3-6,9,12H,7-8,14H2,1-2H3. The molecule has 17 heavy (non-hydrogen) atoms. The van der Waals surface area contributed by atoms with Gasteiger partial charge in [0, 0.05) is 11.1 Å². The van der Waals surface area contributed by atoms with Crippen molar-refractivity contribution in [2.24, 2.45) is 11.7 Å². The smallest absolute Gasteiger partial charge is 0.156 e. The Hall–Kier alpha value is -0.580. The molecule has 0 radical (unpaired) electrons. The molecule has 0 saturated heterocycles. The van der Waals surface area contributed by atoms with Gasteiger partial charge in [-0.25, -0.2) is 8.42 Å². The van der Waals surface area contributed by atoms with Crippen LogP contribution in [0.2, 0.25) is 5.02 Å². The van der Waals surface area contributed by atoms with E-state index in [1.807, 2.05) is 13.8 Å². The summed E-state index contributed by atoms with van der Waals surface area (Å²) in [5, 5.41) is 0.481. The van der Waals surface area contributed by atoms with Gasteiger partial charge in [-0.15, -0.1) is 0 Å². The normalized spacial score (nSPS) is 13.9. The fraction of sp³-hybridized carbons (Fsp3) is 0.500. The highest BCUT2D eigenvalue weighted by Crippen LogP contribution is 2.18. The fourth-order valence-corrected chi connectivity index (χ4v) is 3.49. The molecule has 96 valence electrons. The van der Waals surface area contributed by atoms with Crippen molar-refractivity contribution < 1.29 is 8.42 Å². The lowest BCUT2D eigenvalue weighted by atomic mass is 10.1. The molecule has 0 aliphatic rings. The van der Waals surface area contributed by atoms with E-state index in [1.165, 1.54) is 0 Å². The summed E-state index contributed by atoms with van der Waals surface area (Å²) in [5.74, 6) is 0.0965. The van der Waals surface area contributed by atoms with Crippen LogP contribution in [0.5, 0.6) is 0 Å². The van der Waals surface area contributed by atoms with E-state index in [-0.39, 0.29) is 23.5 Å². The third-order valence-electron chi connectivity index (χ3n) is 2.64. The van der Waals surface area contributed by atoms with E-state index in [0.29, 0.717) is 10.6 Å². The lowest BCUT2D eigenvalue weighted by Gasteiger charge is -2.15. The van der Waals surface area contributed by atoms with Crippen molar-refractivity contribution in [2.45, 2.75) is 25.6 Å². The predicted molar refractivity (Wildman–Crippen MR) is 71.8 cm³/mol. The summed E-state index contributed by atoms with van der Waals surface area (Å²) in [6.07, 6.45) is 0. The zero-order chi connectivity index (χ0) is 13.1. The molecule has 0 fully saturated rings. The van der Waals surface area contributed by atoms with E-state index in [9.17, 15) is 8.42 Å². The van der Waals surface area contributed by atoms with E-state index in [2.05, 4.69) is 0 Å². The second-order valence-corrected chi connectivity index (χ2v) is 7.07. The Balaban J connectivity index is 2.77. The minimum Gasteiger partial charge on any atom is -0.327 e. The van der Waals surface area contributed by atoms with Crippen LogP contribution in [-0.2, 0) is 15.6 Å². The molecule has 0 amide bonds. The molecule has 1 atom stereocenters. The van der Waals surface area contributed by atoms with Crippen molar-refractivity contribution in [3.05, 3.63) is 34.9 Å². The fourth-order valence-electron chi connectivity index (χ4n) is 1.40. The first kappa shape index (κ1) is 14.5. The van der Waals surface area contributed by atoms with Gasteiger partial charge in [-0.3, -0.25) is 0 Å². The van der Waals surface area contributed by atoms with Gasteiger partial charge in [-0.05, 0) is 17.5 Å². The number of benzene rings is 1. The van der Waals surface area contributed by atoms with E-state index >= 15 is 0 Å². The lowest BCUT2D eigenvalue weighted by Crippen LogP contribution is -2.34. The third kappa shape index (κ3) is 4.66. The second kappa shape index (κ2) is 5.85. The van der Waals surface area contributed by atoms with E-state index in [1.54, 1.807) is 24.3 Å². The third-order valence-corrected chi connectivity index (χ3v) is 4.65. The Morgan fingerprint density at radius 3 is 2.41 bits per heavy atom. The summed E-state index contributed by atoms with van der Waals surface area (Å²) in [4.78, 5) is 0. The maximum absolute atomic E-state index is 11.9. The molecule has 1 aromatic rings. The highest BCUT2D eigenvalue weighted by Gasteiger charge is 2.20. The average molecular weight is 276 g/mol. The quantitative estimate of drug-likeness (QED) is 0.896. The zero-order valence-electron chi connectivity index (χ0n) is 10.1. The molecule has 3 nitrogen and oxygen atoms in total. The van der Waals surface area contributed by atoms with Crippen LogP contribution in [0.3, 0.4) is 0 Å². The van der Waals surface area contributed by atoms with Gasteiger partial charge in [0.05, 0.1) is 11.5 Å².